The van der Waals surface area contributed by atoms with E-state index in [0.29, 0.717) is 149 Å². The van der Waals surface area contributed by atoms with Crippen LogP contribution in [0.3, 0.4) is 0 Å². The third-order valence-corrected chi connectivity index (χ3v) is 26.4. The van der Waals surface area contributed by atoms with Gasteiger partial charge in [0.2, 0.25) is 0 Å². The van der Waals surface area contributed by atoms with E-state index in [-0.39, 0.29) is 59.7 Å². The lowest BCUT2D eigenvalue weighted by Gasteiger charge is -2.48. The van der Waals surface area contributed by atoms with Crippen molar-refractivity contribution in [1.29, 1.82) is 0 Å². The maximum atomic E-state index is 12.7. The summed E-state index contributed by atoms with van der Waals surface area (Å²) in [5.74, 6) is -1.37. The molecule has 3 atom stereocenters. The number of nitrogens with one attached hydrogen (secondary N) is 1. The van der Waals surface area contributed by atoms with Crippen molar-refractivity contribution in [3.8, 4) is 0 Å². The van der Waals surface area contributed by atoms with Crippen molar-refractivity contribution in [2.24, 2.45) is 0 Å². The van der Waals surface area contributed by atoms with Crippen molar-refractivity contribution in [3.05, 3.63) is 116 Å². The van der Waals surface area contributed by atoms with Crippen LogP contribution in [-0.4, -0.2) is 198 Å². The molecule has 3 aromatic rings. The number of rotatable bonds is 13. The first-order chi connectivity index (χ1) is 52.2. The third kappa shape index (κ3) is 23.1. The van der Waals surface area contributed by atoms with Crippen molar-refractivity contribution < 1.29 is 96.1 Å². The topological polar surface area (TPSA) is 275 Å². The summed E-state index contributed by atoms with van der Waals surface area (Å²) in [6.07, 6.45) is 22.7. The SMILES string of the molecule is C=CCC1(O)CCC2(CC1)OCCO2.C[C@@H](c1ccc(Br)cc1)N1CCC2(CCC(=O)CC2)OC1=O.C[C@@H](c1ccc(Br)cc1)N1CCC2(CCC3(CC2)OCCO3)OC1=O.C[C@H](NCCC1(O)CCC2(CC1)OCCO2)c1ccc(Br)cc1.O=C1CCC2(CC1)OCCO2.O=CCC1(O)CCC2(CC1)OCCO2. The maximum Gasteiger partial charge on any atom is 0.410 e. The molecule has 13 fully saturated rings. The van der Waals surface area contributed by atoms with Crippen LogP contribution >= 0.6 is 47.8 Å². The Morgan fingerprint density at radius 3 is 1.03 bits per heavy atom. The van der Waals surface area contributed by atoms with E-state index in [9.17, 15) is 39.3 Å². The van der Waals surface area contributed by atoms with Gasteiger partial charge in [-0.1, -0.05) is 90.3 Å². The number of aliphatic hydroxyl groups is 3. The predicted molar refractivity (Wildman–Crippen MR) is 416 cm³/mol. The summed E-state index contributed by atoms with van der Waals surface area (Å²) < 4.78 is 71.1. The summed E-state index contributed by atoms with van der Waals surface area (Å²) in [4.78, 5) is 61.4. The van der Waals surface area contributed by atoms with E-state index in [1.807, 2.05) is 60.4 Å². The number of benzene rings is 3. The van der Waals surface area contributed by atoms with Gasteiger partial charge in [0.25, 0.3) is 0 Å². The van der Waals surface area contributed by atoms with Gasteiger partial charge in [-0.25, -0.2) is 9.59 Å². The standard InChI is InChI=1S/C19H24BrNO4.C18H26BrNO3.C17H20BrNO3.C11H18O3.C10H16O4.C8H12O3/c1-14(15-2-4-16(20)5-3-15)21-11-10-18(25-17(21)22)6-8-19(9-7-18)23-12-13-24-19;1-14(15-2-4-16(19)5-3-15)20-11-10-17(21)6-8-18(9-7-17)22-12-13-23-18;1-12(13-2-4-14(18)5-3-13)19-11-10-17(22-16(19)21)8-6-15(20)7-9-17;1-2-3-10(12)4-6-11(7-5-10)13-8-9-14-11;11-6-5-9(12)1-3-10(4-2-9)13-7-8-14-10;9-7-1-3-8(4-2-7)10-5-6-11-8/h2-5,14H,6-13H2,1H3;2-5,14,20-21H,6-13H2,1H3;2-5,12H,6-11H2,1H3;2,12H,1,3-9H2;6,12H,1-5,7-8H2;1-6H2/t2*14-;12-;;;/m000.../s1. The molecule has 6 saturated carbocycles. The average molecular weight is 1720 g/mol. The molecule has 13 aliphatic rings. The van der Waals surface area contributed by atoms with Gasteiger partial charge in [0.1, 0.15) is 29.1 Å². The second kappa shape index (κ2) is 38.1. The predicted octanol–water partition coefficient (Wildman–Crippen LogP) is 15.3. The molecule has 4 N–H and O–H groups in total. The second-order valence-corrected chi connectivity index (χ2v) is 34.8. The Kier molecular flexibility index (Phi) is 29.9. The highest BCUT2D eigenvalue weighted by Crippen LogP contribution is 2.48. The molecule has 23 nitrogen and oxygen atoms in total. The van der Waals surface area contributed by atoms with E-state index in [2.05, 4.69) is 97.8 Å². The molecule has 7 saturated heterocycles. The largest absolute Gasteiger partial charge is 0.443 e. The Balaban J connectivity index is 0.000000133. The summed E-state index contributed by atoms with van der Waals surface area (Å²) in [5, 5.41) is 34.4. The lowest BCUT2D eigenvalue weighted by atomic mass is 9.78. The zero-order chi connectivity index (χ0) is 77.5. The molecule has 7 spiro atoms. The number of aldehydes is 1. The Morgan fingerprint density at radius 2 is 0.697 bits per heavy atom. The molecule has 0 radical (unpaired) electrons. The maximum absolute atomic E-state index is 12.7. The van der Waals surface area contributed by atoms with E-state index in [0.717, 1.165) is 153 Å². The molecule has 6 aliphatic carbocycles. The lowest BCUT2D eigenvalue weighted by molar-refractivity contribution is -0.208. The fraction of sp³-hybridized carbons (Fsp3) is 0.699. The van der Waals surface area contributed by atoms with Crippen molar-refractivity contribution in [2.45, 2.75) is 282 Å². The van der Waals surface area contributed by atoms with Crippen molar-refractivity contribution >= 4 is 77.8 Å². The number of hydrogen-bond acceptors (Lipinski definition) is 21. The zero-order valence-electron chi connectivity index (χ0n) is 64.0. The van der Waals surface area contributed by atoms with Gasteiger partial charge in [0.15, 0.2) is 28.9 Å². The highest BCUT2D eigenvalue weighted by Gasteiger charge is 2.53. The van der Waals surface area contributed by atoms with Crippen LogP contribution in [0, 0.1) is 0 Å². The first-order valence-corrected chi connectivity index (χ1v) is 42.2. The minimum atomic E-state index is -0.817. The number of hydrogen-bond donors (Lipinski definition) is 4. The fourth-order valence-electron chi connectivity index (χ4n) is 17.3. The molecule has 109 heavy (non-hydrogen) atoms. The molecule has 3 aromatic carbocycles. The van der Waals surface area contributed by atoms with Crippen LogP contribution in [0.2, 0.25) is 0 Å². The number of halogens is 3. The number of nitrogens with zero attached hydrogens (tertiary/aromatic N) is 2. The molecule has 604 valence electrons. The van der Waals surface area contributed by atoms with E-state index in [1.54, 1.807) is 11.0 Å². The number of amides is 2. The summed E-state index contributed by atoms with van der Waals surface area (Å²) in [7, 11) is 0. The van der Waals surface area contributed by atoms with Gasteiger partial charge in [0.05, 0.1) is 95.0 Å². The average Bonchev–Trinajstić information content (AvgIpc) is 0.881. The van der Waals surface area contributed by atoms with E-state index in [1.165, 1.54) is 5.56 Å². The second-order valence-electron chi connectivity index (χ2n) is 32.1. The smallest absolute Gasteiger partial charge is 0.410 e. The summed E-state index contributed by atoms with van der Waals surface area (Å²) in [6, 6.07) is 24.7. The summed E-state index contributed by atoms with van der Waals surface area (Å²) in [5.41, 5.74) is 0.753. The molecule has 26 heteroatoms. The van der Waals surface area contributed by atoms with Crippen molar-refractivity contribution in [3.63, 3.8) is 0 Å². The first kappa shape index (κ1) is 85.7. The highest BCUT2D eigenvalue weighted by molar-refractivity contribution is 9.11. The minimum absolute atomic E-state index is 0.00869. The Morgan fingerprint density at radius 1 is 0.404 bits per heavy atom. The Labute approximate surface area is 668 Å². The Bertz CT molecular complexity index is 3350. The molecule has 7 heterocycles. The van der Waals surface area contributed by atoms with Crippen LogP contribution in [0.4, 0.5) is 9.59 Å². The van der Waals surface area contributed by atoms with Crippen LogP contribution in [0.15, 0.2) is 98.9 Å². The van der Waals surface area contributed by atoms with Crippen LogP contribution in [-0.2, 0) is 71.2 Å². The van der Waals surface area contributed by atoms with Gasteiger partial charge in [-0.15, -0.1) is 6.58 Å². The van der Waals surface area contributed by atoms with Gasteiger partial charge in [-0.3, -0.25) is 9.59 Å². The van der Waals surface area contributed by atoms with Gasteiger partial charge in [0, 0.05) is 142 Å². The molecular formula is C83H116Br3N3O20. The highest BCUT2D eigenvalue weighted by atomic mass is 79.9. The van der Waals surface area contributed by atoms with Gasteiger partial charge in [-0.2, -0.15) is 0 Å². The first-order valence-electron chi connectivity index (χ1n) is 39.8. The summed E-state index contributed by atoms with van der Waals surface area (Å²) in [6.45, 7) is 18.9. The van der Waals surface area contributed by atoms with Gasteiger partial charge >= 0.3 is 12.2 Å². The quantitative estimate of drug-likeness (QED) is 0.0914. The summed E-state index contributed by atoms with van der Waals surface area (Å²) >= 11 is 10.3. The van der Waals surface area contributed by atoms with Gasteiger partial charge in [-0.05, 0) is 157 Å². The lowest BCUT2D eigenvalue weighted by Crippen LogP contribution is -2.54. The van der Waals surface area contributed by atoms with Crippen LogP contribution < -0.4 is 5.32 Å². The molecule has 0 bridgehead atoms. The Hall–Kier alpha value is -4.17. The van der Waals surface area contributed by atoms with E-state index in [4.69, 9.17) is 56.8 Å². The zero-order valence-corrected chi connectivity index (χ0v) is 68.8. The van der Waals surface area contributed by atoms with Crippen LogP contribution in [0.1, 0.15) is 242 Å². The van der Waals surface area contributed by atoms with Crippen molar-refractivity contribution in [2.75, 3.05) is 85.7 Å². The third-order valence-electron chi connectivity index (χ3n) is 24.8. The molecular weight excluding hydrogens is 1600 g/mol. The number of ether oxygens (including phenoxy) is 12. The van der Waals surface area contributed by atoms with Crippen LogP contribution in [0.5, 0.6) is 0 Å². The van der Waals surface area contributed by atoms with Crippen molar-refractivity contribution in [1.82, 2.24) is 15.1 Å². The fourth-order valence-corrected chi connectivity index (χ4v) is 18.1. The minimum Gasteiger partial charge on any atom is -0.443 e. The molecule has 2 amide bonds. The van der Waals surface area contributed by atoms with E-state index < -0.39 is 39.8 Å². The number of carbonyl (C=O) groups excluding carboxylic acids is 5. The molecule has 16 rings (SSSR count). The molecule has 7 aliphatic heterocycles. The monoisotopic (exact) mass is 1710 g/mol. The van der Waals surface area contributed by atoms with Crippen LogP contribution in [0.25, 0.3) is 0 Å². The van der Waals surface area contributed by atoms with Gasteiger partial charge < -0.3 is 92.1 Å². The normalized spacial score (nSPS) is 27.8. The number of carbonyl (C=O) groups is 5. The molecule has 0 unspecified atom stereocenters. The van der Waals surface area contributed by atoms with E-state index >= 15 is 0 Å². The number of Topliss-reactive ketones (excluding diaryl/α,β-unsaturated/α-hetero) is 2. The number of ketones is 2. The molecule has 0 aromatic heterocycles.